The van der Waals surface area contributed by atoms with Crippen LogP contribution in [0.15, 0.2) is 35.4 Å². The van der Waals surface area contributed by atoms with E-state index < -0.39 is 4.92 Å². The van der Waals surface area contributed by atoms with Crippen molar-refractivity contribution in [1.82, 2.24) is 4.98 Å². The lowest BCUT2D eigenvalue weighted by atomic mass is 10.2. The molecule has 24 heavy (non-hydrogen) atoms. The first-order chi connectivity index (χ1) is 11.5. The Morgan fingerprint density at radius 2 is 2.12 bits per heavy atom. The van der Waals surface area contributed by atoms with Crippen LogP contribution >= 0.6 is 11.6 Å². The van der Waals surface area contributed by atoms with Crippen LogP contribution in [0, 0.1) is 28.4 Å². The highest BCUT2D eigenvalue weighted by atomic mass is 35.5. The van der Waals surface area contributed by atoms with E-state index in [2.05, 4.69) is 10.1 Å². The van der Waals surface area contributed by atoms with Gasteiger partial charge < -0.3 is 0 Å². The van der Waals surface area contributed by atoms with E-state index in [1.165, 1.54) is 12.1 Å². The average Bonchev–Trinajstić information content (AvgIpc) is 2.55. The van der Waals surface area contributed by atoms with E-state index in [1.807, 2.05) is 13.0 Å². The van der Waals surface area contributed by atoms with Gasteiger partial charge in [-0.2, -0.15) is 10.4 Å². The van der Waals surface area contributed by atoms with Crippen LogP contribution in [0.25, 0.3) is 0 Å². The summed E-state index contributed by atoms with van der Waals surface area (Å²) in [6.07, 6.45) is 1.58. The van der Waals surface area contributed by atoms with Gasteiger partial charge >= 0.3 is 0 Å². The fraction of sp³-hybridized carbons (Fsp3) is 0.188. The molecule has 1 aromatic heterocycles. The SMILES string of the molecule is CCN(N=Cc1ccc([N+](=O)[O-])cc1)c1cc(C)c(C#N)c(Cl)n1. The van der Waals surface area contributed by atoms with E-state index in [9.17, 15) is 10.1 Å². The molecule has 1 aromatic carbocycles. The normalized spacial score (nSPS) is 10.6. The number of hydrazone groups is 1. The molecule has 8 heteroatoms. The lowest BCUT2D eigenvalue weighted by molar-refractivity contribution is -0.384. The molecule has 2 aromatic rings. The van der Waals surface area contributed by atoms with Crippen LogP contribution in [-0.4, -0.2) is 22.7 Å². The van der Waals surface area contributed by atoms with Gasteiger partial charge in [-0.25, -0.2) is 9.99 Å². The van der Waals surface area contributed by atoms with Crippen LogP contribution < -0.4 is 5.01 Å². The number of aromatic nitrogens is 1. The smallest absolute Gasteiger partial charge is 0.258 e. The largest absolute Gasteiger partial charge is 0.269 e. The number of aryl methyl sites for hydroxylation is 1. The van der Waals surface area contributed by atoms with Crippen molar-refractivity contribution in [2.75, 3.05) is 11.6 Å². The number of hydrogen-bond donors (Lipinski definition) is 0. The topological polar surface area (TPSA) is 95.4 Å². The number of hydrogen-bond acceptors (Lipinski definition) is 6. The highest BCUT2D eigenvalue weighted by Gasteiger charge is 2.11. The second-order valence-corrected chi connectivity index (χ2v) is 5.24. The molecule has 2 rings (SSSR count). The third kappa shape index (κ3) is 3.86. The van der Waals surface area contributed by atoms with E-state index >= 15 is 0 Å². The van der Waals surface area contributed by atoms with E-state index in [0.717, 1.165) is 11.1 Å². The summed E-state index contributed by atoms with van der Waals surface area (Å²) < 4.78 is 0. The van der Waals surface area contributed by atoms with Gasteiger partial charge in [-0.05, 0) is 43.2 Å². The molecule has 0 spiro atoms. The lowest BCUT2D eigenvalue weighted by Crippen LogP contribution is -2.17. The number of rotatable bonds is 5. The second-order valence-electron chi connectivity index (χ2n) is 4.88. The van der Waals surface area contributed by atoms with E-state index in [1.54, 1.807) is 36.3 Å². The Bertz CT molecular complexity index is 804. The molecule has 0 N–H and O–H groups in total. The Kier molecular flexibility index (Phi) is 5.45. The van der Waals surface area contributed by atoms with Gasteiger partial charge in [-0.1, -0.05) is 11.6 Å². The van der Waals surface area contributed by atoms with Gasteiger partial charge in [0.05, 0.1) is 16.7 Å². The first kappa shape index (κ1) is 17.4. The van der Waals surface area contributed by atoms with Crippen LogP contribution in [-0.2, 0) is 0 Å². The first-order valence-corrected chi connectivity index (χ1v) is 7.47. The Morgan fingerprint density at radius 3 is 2.62 bits per heavy atom. The second kappa shape index (κ2) is 7.53. The summed E-state index contributed by atoms with van der Waals surface area (Å²) in [6.45, 7) is 4.22. The van der Waals surface area contributed by atoms with Crippen molar-refractivity contribution in [3.63, 3.8) is 0 Å². The monoisotopic (exact) mass is 343 g/mol. The number of nitriles is 1. The Morgan fingerprint density at radius 1 is 1.46 bits per heavy atom. The van der Waals surface area contributed by atoms with Gasteiger partial charge in [0.25, 0.3) is 5.69 Å². The molecule has 0 fully saturated rings. The third-order valence-corrected chi connectivity index (χ3v) is 3.56. The molecule has 0 aliphatic rings. The lowest BCUT2D eigenvalue weighted by Gasteiger charge is -2.17. The summed E-state index contributed by atoms with van der Waals surface area (Å²) in [5.74, 6) is 0.525. The minimum absolute atomic E-state index is 0.0238. The number of pyridine rings is 1. The molecule has 7 nitrogen and oxygen atoms in total. The maximum Gasteiger partial charge on any atom is 0.269 e. The van der Waals surface area contributed by atoms with Crippen molar-refractivity contribution in [3.05, 3.63) is 62.3 Å². The van der Waals surface area contributed by atoms with Gasteiger partial charge in [0.1, 0.15) is 11.2 Å². The maximum absolute atomic E-state index is 10.6. The third-order valence-electron chi connectivity index (χ3n) is 3.28. The Hall–Kier alpha value is -2.98. The van der Waals surface area contributed by atoms with Crippen molar-refractivity contribution in [2.24, 2.45) is 5.10 Å². The van der Waals surface area contributed by atoms with Crippen molar-refractivity contribution >= 4 is 29.3 Å². The summed E-state index contributed by atoms with van der Waals surface area (Å²) in [4.78, 5) is 14.4. The van der Waals surface area contributed by atoms with E-state index in [4.69, 9.17) is 16.9 Å². The molecule has 0 amide bonds. The summed E-state index contributed by atoms with van der Waals surface area (Å²) in [5.41, 5.74) is 1.80. The zero-order valence-corrected chi connectivity index (χ0v) is 13.9. The molecule has 0 saturated carbocycles. The molecule has 0 unspecified atom stereocenters. The van der Waals surface area contributed by atoms with Gasteiger partial charge in [-0.3, -0.25) is 10.1 Å². The molecule has 0 aliphatic heterocycles. The number of nitro groups is 1. The molecule has 0 radical (unpaired) electrons. The highest BCUT2D eigenvalue weighted by molar-refractivity contribution is 6.30. The Balaban J connectivity index is 2.26. The minimum atomic E-state index is -0.454. The van der Waals surface area contributed by atoms with Gasteiger partial charge in [0.15, 0.2) is 5.82 Å². The standard InChI is InChI=1S/C16H14ClN5O2/c1-3-21(15-8-11(2)14(9-18)16(17)20-15)19-10-12-4-6-13(7-5-12)22(23)24/h4-8,10H,3H2,1-2H3. The van der Waals surface area contributed by atoms with Crippen LogP contribution in [0.5, 0.6) is 0 Å². The van der Waals surface area contributed by atoms with Crippen LogP contribution in [0.2, 0.25) is 5.15 Å². The summed E-state index contributed by atoms with van der Waals surface area (Å²) in [7, 11) is 0. The zero-order chi connectivity index (χ0) is 17.7. The zero-order valence-electron chi connectivity index (χ0n) is 13.1. The van der Waals surface area contributed by atoms with Crippen molar-refractivity contribution < 1.29 is 4.92 Å². The van der Waals surface area contributed by atoms with E-state index in [-0.39, 0.29) is 10.8 Å². The van der Waals surface area contributed by atoms with Crippen LogP contribution in [0.4, 0.5) is 11.5 Å². The molecular formula is C16H14ClN5O2. The van der Waals surface area contributed by atoms with Crippen LogP contribution in [0.3, 0.4) is 0 Å². The van der Waals surface area contributed by atoms with Crippen molar-refractivity contribution in [1.29, 1.82) is 5.26 Å². The fourth-order valence-corrected chi connectivity index (χ4v) is 2.28. The molecule has 0 bridgehead atoms. The van der Waals surface area contributed by atoms with Crippen molar-refractivity contribution in [3.8, 4) is 6.07 Å². The maximum atomic E-state index is 10.6. The fourth-order valence-electron chi connectivity index (χ4n) is 2.01. The molecular weight excluding hydrogens is 330 g/mol. The summed E-state index contributed by atoms with van der Waals surface area (Å²) >= 11 is 6.02. The van der Waals surface area contributed by atoms with Crippen molar-refractivity contribution in [2.45, 2.75) is 13.8 Å². The average molecular weight is 344 g/mol. The number of anilines is 1. The first-order valence-electron chi connectivity index (χ1n) is 7.09. The number of nitrogens with zero attached hydrogens (tertiary/aromatic N) is 5. The highest BCUT2D eigenvalue weighted by Crippen LogP contribution is 2.23. The molecule has 1 heterocycles. The number of non-ortho nitro benzene ring substituents is 1. The molecule has 0 atom stereocenters. The molecule has 122 valence electrons. The van der Waals surface area contributed by atoms with E-state index in [0.29, 0.717) is 17.9 Å². The minimum Gasteiger partial charge on any atom is -0.258 e. The summed E-state index contributed by atoms with van der Waals surface area (Å²) in [5, 5.41) is 25.8. The number of nitro benzene ring substituents is 1. The molecule has 0 saturated heterocycles. The predicted molar refractivity (Wildman–Crippen MR) is 92.4 cm³/mol. The number of benzene rings is 1. The van der Waals surface area contributed by atoms with Gasteiger partial charge in [-0.15, -0.1) is 0 Å². The van der Waals surface area contributed by atoms with Gasteiger partial charge in [0.2, 0.25) is 0 Å². The van der Waals surface area contributed by atoms with Gasteiger partial charge in [0, 0.05) is 18.7 Å². The van der Waals surface area contributed by atoms with Crippen LogP contribution in [0.1, 0.15) is 23.6 Å². The Labute approximate surface area is 144 Å². The molecule has 0 aliphatic carbocycles. The quantitative estimate of drug-likeness (QED) is 0.357. The number of halogens is 1. The summed E-state index contributed by atoms with van der Waals surface area (Å²) in [6, 6.07) is 9.80. The predicted octanol–water partition coefficient (Wildman–Crippen LogP) is 3.68.